The van der Waals surface area contributed by atoms with Crippen LogP contribution in [0.3, 0.4) is 0 Å². The van der Waals surface area contributed by atoms with Gasteiger partial charge < -0.3 is 77.6 Å². The van der Waals surface area contributed by atoms with Crippen molar-refractivity contribution in [3.05, 3.63) is 0 Å². The van der Waals surface area contributed by atoms with Crippen LogP contribution in [0.25, 0.3) is 0 Å². The van der Waals surface area contributed by atoms with Gasteiger partial charge in [0.05, 0.1) is 129 Å². The molecule has 8 atom stereocenters. The van der Waals surface area contributed by atoms with E-state index in [4.69, 9.17) is 62.3 Å². The molecule has 0 fully saturated rings. The number of carbonyl (C=O) groups is 13. The molecule has 0 bridgehead atoms. The Labute approximate surface area is 670 Å². The lowest BCUT2D eigenvalue weighted by atomic mass is 9.64. The highest BCUT2D eigenvalue weighted by Crippen LogP contribution is 2.49. The highest BCUT2D eigenvalue weighted by molar-refractivity contribution is 5.89. The van der Waals surface area contributed by atoms with Crippen LogP contribution in [0.4, 0.5) is 0 Å². The maximum atomic E-state index is 12.8. The van der Waals surface area contributed by atoms with Gasteiger partial charge in [0.15, 0.2) is 32.5 Å². The van der Waals surface area contributed by atoms with Crippen molar-refractivity contribution in [2.24, 2.45) is 70.4 Å². The number of carboxylic acids is 5. The molecule has 0 saturated carbocycles. The zero-order valence-corrected chi connectivity index (χ0v) is 71.3. The summed E-state index contributed by atoms with van der Waals surface area (Å²) in [4.78, 5) is 155. The lowest BCUT2D eigenvalue weighted by Crippen LogP contribution is -2.45. The van der Waals surface area contributed by atoms with Crippen LogP contribution in [0.1, 0.15) is 221 Å². The number of methoxy groups -OCH3 is 6. The van der Waals surface area contributed by atoms with E-state index in [1.54, 1.807) is 82.2 Å². The number of ether oxygens (including phenoxy) is 11. The SMILES string of the molecule is CCC(C#N)(CC(C#N)(CC(C)(C)C(=O)O)C(=O)OC)C(=O)OCCOC.CCC(C)(CC(C)(C)C(=O)O)C(=O)OC.CCC(C)(CC(C)(C)C(=O)O)C(=O)OC.CCCOC(=O)C(C#N)(CC(C)(C)C(=O)O)CC(C#N)(CC)C(=O)OCCOC.CCOC(=O)C(C#N)(CC(C)(C)C(=O)O)CC(C#N)(CC)C(=O)OCCOC. The Hall–Kier alpha value is -10.1. The van der Waals surface area contributed by atoms with Crippen molar-refractivity contribution in [3.63, 3.8) is 0 Å². The summed E-state index contributed by atoms with van der Waals surface area (Å²) in [5, 5.41) is 105. The molecule has 0 saturated heterocycles. The predicted molar refractivity (Wildman–Crippen MR) is 402 cm³/mol. The monoisotopic (exact) mass is 1620 g/mol. The average molecular weight is 1620 g/mol. The minimum absolute atomic E-state index is 0.0275. The van der Waals surface area contributed by atoms with E-state index in [9.17, 15) is 109 Å². The smallest absolute Gasteiger partial charge is 0.326 e. The average Bonchev–Trinajstić information content (AvgIpc) is 0.776. The lowest BCUT2D eigenvalue weighted by molar-refractivity contribution is -0.165. The van der Waals surface area contributed by atoms with Gasteiger partial charge in [-0.05, 0) is 161 Å². The van der Waals surface area contributed by atoms with Gasteiger partial charge in [0, 0.05) is 40.6 Å². The van der Waals surface area contributed by atoms with Crippen molar-refractivity contribution in [2.75, 3.05) is 95.5 Å². The number of carbonyl (C=O) groups excluding carboxylic acids is 8. The predicted octanol–water partition coefficient (Wildman–Crippen LogP) is 10.3. The van der Waals surface area contributed by atoms with Crippen LogP contribution in [0.5, 0.6) is 0 Å². The molecule has 0 radical (unpaired) electrons. The Morgan fingerprint density at radius 2 is 0.456 bits per heavy atom. The Bertz CT molecular complexity index is 3460. The third-order valence-electron chi connectivity index (χ3n) is 19.4. The summed E-state index contributed by atoms with van der Waals surface area (Å²) in [6.07, 6.45) is -0.841. The maximum Gasteiger partial charge on any atom is 0.326 e. The number of aliphatic carboxylic acids is 5. The van der Waals surface area contributed by atoms with Gasteiger partial charge in [-0.1, -0.05) is 41.5 Å². The molecule has 0 heterocycles. The second kappa shape index (κ2) is 50.2. The van der Waals surface area contributed by atoms with Crippen molar-refractivity contribution in [1.82, 2.24) is 0 Å². The molecule has 644 valence electrons. The molecule has 8 unspecified atom stereocenters. The molecule has 0 spiro atoms. The molecule has 35 heteroatoms. The molecule has 0 aliphatic carbocycles. The van der Waals surface area contributed by atoms with E-state index in [2.05, 4.69) is 0 Å². The van der Waals surface area contributed by atoms with Crippen LogP contribution in [0, 0.1) is 138 Å². The van der Waals surface area contributed by atoms with Crippen molar-refractivity contribution in [3.8, 4) is 36.4 Å². The first-order valence-electron chi connectivity index (χ1n) is 36.6. The topological polar surface area (TPSA) is 567 Å². The van der Waals surface area contributed by atoms with Crippen molar-refractivity contribution >= 4 is 77.6 Å². The first-order valence-corrected chi connectivity index (χ1v) is 36.6. The summed E-state index contributed by atoms with van der Waals surface area (Å²) < 4.78 is 53.9. The fourth-order valence-electron chi connectivity index (χ4n) is 11.7. The first kappa shape index (κ1) is 113. The van der Waals surface area contributed by atoms with Gasteiger partial charge in [-0.2, -0.15) is 31.6 Å². The fourth-order valence-corrected chi connectivity index (χ4v) is 11.7. The Morgan fingerprint density at radius 1 is 0.254 bits per heavy atom. The molecule has 114 heavy (non-hydrogen) atoms. The summed E-state index contributed by atoms with van der Waals surface area (Å²) in [6.45, 7) is 29.8. The fraction of sp³-hybridized carbons (Fsp3) is 0.759. The minimum atomic E-state index is -2.01. The number of hydrogen-bond donors (Lipinski definition) is 5. The van der Waals surface area contributed by atoms with Gasteiger partial charge in [-0.3, -0.25) is 62.3 Å². The molecule has 0 aromatic heterocycles. The van der Waals surface area contributed by atoms with Crippen LogP contribution in [0.2, 0.25) is 0 Å². The Balaban J connectivity index is -0.000000445. The number of rotatable bonds is 46. The zero-order chi connectivity index (χ0) is 90.6. The van der Waals surface area contributed by atoms with Crippen molar-refractivity contribution in [2.45, 2.75) is 221 Å². The molecule has 0 aromatic carbocycles. The summed E-state index contributed by atoms with van der Waals surface area (Å²) >= 11 is 0. The summed E-state index contributed by atoms with van der Waals surface area (Å²) in [6, 6.07) is 11.1. The second-order valence-corrected chi connectivity index (χ2v) is 31.1. The molecule has 0 amide bonds. The number of nitriles is 6. The van der Waals surface area contributed by atoms with Crippen molar-refractivity contribution in [1.29, 1.82) is 31.6 Å². The normalized spacial score (nSPS) is 15.3. The number of carboxylic acid groups (broad SMARTS) is 5. The highest BCUT2D eigenvalue weighted by atomic mass is 16.6. The van der Waals surface area contributed by atoms with Gasteiger partial charge in [0.25, 0.3) is 0 Å². The minimum Gasteiger partial charge on any atom is -0.481 e. The van der Waals surface area contributed by atoms with Crippen LogP contribution in [0.15, 0.2) is 0 Å². The van der Waals surface area contributed by atoms with Crippen molar-refractivity contribution < 1.29 is 140 Å². The molecule has 0 rings (SSSR count). The second-order valence-electron chi connectivity index (χ2n) is 31.1. The van der Waals surface area contributed by atoms with E-state index < -0.39 is 175 Å². The molecule has 5 N–H and O–H groups in total. The van der Waals surface area contributed by atoms with E-state index in [1.165, 1.54) is 77.1 Å². The molecular weight excluding hydrogens is 1500 g/mol. The Kier molecular flexibility index (Phi) is 49.6. The van der Waals surface area contributed by atoms with Crippen LogP contribution < -0.4 is 0 Å². The summed E-state index contributed by atoms with van der Waals surface area (Å²) in [5.41, 5.74) is -19.2. The summed E-state index contributed by atoms with van der Waals surface area (Å²) in [5.74, 6) is -11.8. The quantitative estimate of drug-likeness (QED) is 0.0215. The van der Waals surface area contributed by atoms with E-state index in [0.29, 0.717) is 19.3 Å². The molecule has 0 aliphatic rings. The lowest BCUT2D eigenvalue weighted by Gasteiger charge is -2.35. The van der Waals surface area contributed by atoms with Gasteiger partial charge in [0.2, 0.25) is 0 Å². The zero-order valence-electron chi connectivity index (χ0n) is 71.3. The highest BCUT2D eigenvalue weighted by Gasteiger charge is 2.59. The number of nitrogens with zero attached hydrogens (tertiary/aromatic N) is 6. The van der Waals surface area contributed by atoms with Gasteiger partial charge >= 0.3 is 77.6 Å². The van der Waals surface area contributed by atoms with Crippen LogP contribution >= 0.6 is 0 Å². The van der Waals surface area contributed by atoms with Gasteiger partial charge in [0.1, 0.15) is 19.8 Å². The molecule has 35 nitrogen and oxygen atoms in total. The standard InChI is InChI=1S/C20H30N2O7.C19H28N2O7.C18H26N2O7.2C11H20O4/c1-6-8-28-17(26)20(14-22,11-18(3,4)15(23)24)12-19(7-2,13-21)16(25)29-10-9-27-5;1-6-18(12-20,15(24)28-9-8-26-5)11-19(13-21,16(25)27-7-2)10-17(3,4)14(22)23;1-6-17(11-19,15(24)27-8-7-25-4)10-18(12-20,14(23)26-5)9-16(2,3)13(21)22;2*1-6-11(4,9(14)15-5)7-10(2,3)8(12)13/h6-12H2,1-5H3,(H,23,24);6-11H2,1-5H3,(H,22,23);6-10H2,1-5H3,(H,21,22);2*6-7H2,1-5H3,(H,12,13). The third kappa shape index (κ3) is 33.2. The van der Waals surface area contributed by atoms with E-state index in [1.807, 2.05) is 44.2 Å². The third-order valence-corrected chi connectivity index (χ3v) is 19.4. The maximum absolute atomic E-state index is 12.8. The van der Waals surface area contributed by atoms with E-state index in [-0.39, 0.29) is 96.9 Å². The van der Waals surface area contributed by atoms with Gasteiger partial charge in [-0.25, -0.2) is 0 Å². The Morgan fingerprint density at radius 3 is 0.632 bits per heavy atom. The van der Waals surface area contributed by atoms with E-state index >= 15 is 0 Å². The number of hydrogen-bond acceptors (Lipinski definition) is 30. The number of esters is 8. The molecular formula is C79H124N6O29. The molecule has 0 aliphatic heterocycles. The summed E-state index contributed by atoms with van der Waals surface area (Å²) in [7, 11) is 7.95. The largest absolute Gasteiger partial charge is 0.481 e. The first-order chi connectivity index (χ1) is 52.4. The van der Waals surface area contributed by atoms with E-state index in [0.717, 1.165) is 7.11 Å². The van der Waals surface area contributed by atoms with Crippen LogP contribution in [-0.4, -0.2) is 199 Å². The van der Waals surface area contributed by atoms with Crippen LogP contribution in [-0.2, 0) is 114 Å². The van der Waals surface area contributed by atoms with Gasteiger partial charge in [-0.15, -0.1) is 0 Å². The molecule has 0 aromatic rings.